The number of carbonyl (C=O) groups is 1. The number of ether oxygens (including phenoxy) is 1. The Morgan fingerprint density at radius 3 is 2.85 bits per heavy atom. The van der Waals surface area contributed by atoms with Crippen LogP contribution in [-0.4, -0.2) is 20.9 Å². The minimum absolute atomic E-state index is 0.275. The average molecular weight is 272 g/mol. The molecule has 0 aliphatic rings. The van der Waals surface area contributed by atoms with Gasteiger partial charge in [0.15, 0.2) is 5.75 Å². The summed E-state index contributed by atoms with van der Waals surface area (Å²) in [6.07, 6.45) is 6.09. The van der Waals surface area contributed by atoms with Crippen LogP contribution >= 0.6 is 0 Å². The highest BCUT2D eigenvalue weighted by Crippen LogP contribution is 2.23. The van der Waals surface area contributed by atoms with Gasteiger partial charge < -0.3 is 9.84 Å². The third-order valence-electron chi connectivity index (χ3n) is 2.62. The topological polar surface area (TPSA) is 64.3 Å². The molecule has 0 aliphatic heterocycles. The van der Waals surface area contributed by atoms with Crippen molar-refractivity contribution in [3.8, 4) is 11.5 Å². The van der Waals surface area contributed by atoms with E-state index in [2.05, 4.69) is 5.10 Å². The van der Waals surface area contributed by atoms with Gasteiger partial charge in [-0.15, -0.1) is 0 Å². The number of nitrogens with zero attached hydrogens (tertiary/aromatic N) is 2. The predicted molar refractivity (Wildman–Crippen MR) is 75.8 cm³/mol. The molecule has 0 fully saturated rings. The first-order valence-corrected chi connectivity index (χ1v) is 6.27. The van der Waals surface area contributed by atoms with Crippen LogP contribution in [0.4, 0.5) is 0 Å². The Morgan fingerprint density at radius 1 is 1.40 bits per heavy atom. The first kappa shape index (κ1) is 13.9. The normalized spacial score (nSPS) is 11.2. The maximum Gasteiger partial charge on any atom is 0.328 e. The molecular formula is C15H16N2O3. The smallest absolute Gasteiger partial charge is 0.328 e. The van der Waals surface area contributed by atoms with E-state index in [1.165, 1.54) is 6.08 Å². The van der Waals surface area contributed by atoms with E-state index in [9.17, 15) is 4.79 Å². The molecule has 5 heteroatoms. The molecule has 0 amide bonds. The summed E-state index contributed by atoms with van der Waals surface area (Å²) in [5, 5.41) is 12.8. The Balaban J connectivity index is 2.12. The minimum Gasteiger partial charge on any atom is -0.478 e. The zero-order chi connectivity index (χ0) is 14.5. The Kier molecular flexibility index (Phi) is 4.20. The van der Waals surface area contributed by atoms with E-state index in [0.29, 0.717) is 11.5 Å². The fourth-order valence-electron chi connectivity index (χ4n) is 1.64. The molecule has 0 unspecified atom stereocenters. The summed E-state index contributed by atoms with van der Waals surface area (Å²) in [6, 6.07) is 7.47. The molecule has 0 atom stereocenters. The van der Waals surface area contributed by atoms with Gasteiger partial charge in [-0.05, 0) is 37.6 Å². The average Bonchev–Trinajstić information content (AvgIpc) is 2.85. The fraction of sp³-hybridized carbons (Fsp3) is 0.200. The van der Waals surface area contributed by atoms with Crippen LogP contribution in [0.3, 0.4) is 0 Å². The molecule has 2 rings (SSSR count). The largest absolute Gasteiger partial charge is 0.478 e. The molecule has 1 aromatic carbocycles. The number of carboxylic acids is 1. The quantitative estimate of drug-likeness (QED) is 0.848. The van der Waals surface area contributed by atoms with Crippen molar-refractivity contribution in [3.05, 3.63) is 48.3 Å². The predicted octanol–water partition coefficient (Wildman–Crippen LogP) is 3.35. The van der Waals surface area contributed by atoms with Crippen molar-refractivity contribution in [2.45, 2.75) is 19.9 Å². The van der Waals surface area contributed by atoms with Gasteiger partial charge >= 0.3 is 5.97 Å². The Hall–Kier alpha value is -2.56. The third-order valence-corrected chi connectivity index (χ3v) is 2.62. The van der Waals surface area contributed by atoms with Gasteiger partial charge in [0.25, 0.3) is 0 Å². The molecule has 0 saturated heterocycles. The van der Waals surface area contributed by atoms with Crippen molar-refractivity contribution in [2.75, 3.05) is 0 Å². The molecule has 5 nitrogen and oxygen atoms in total. The second-order valence-electron chi connectivity index (χ2n) is 4.60. The van der Waals surface area contributed by atoms with Crippen molar-refractivity contribution < 1.29 is 14.6 Å². The number of benzene rings is 1. The van der Waals surface area contributed by atoms with Gasteiger partial charge in [0.1, 0.15) is 5.75 Å². The molecule has 1 heterocycles. The van der Waals surface area contributed by atoms with Gasteiger partial charge in [-0.3, -0.25) is 4.68 Å². The van der Waals surface area contributed by atoms with E-state index < -0.39 is 5.97 Å². The van der Waals surface area contributed by atoms with E-state index in [-0.39, 0.29) is 6.04 Å². The van der Waals surface area contributed by atoms with E-state index in [4.69, 9.17) is 9.84 Å². The third kappa shape index (κ3) is 3.71. The fourth-order valence-corrected chi connectivity index (χ4v) is 1.64. The van der Waals surface area contributed by atoms with Crippen LogP contribution in [-0.2, 0) is 4.79 Å². The number of carboxylic acid groups (broad SMARTS) is 1. The molecule has 2 aromatic rings. The highest BCUT2D eigenvalue weighted by molar-refractivity contribution is 5.85. The maximum absolute atomic E-state index is 10.5. The van der Waals surface area contributed by atoms with Gasteiger partial charge in [-0.2, -0.15) is 5.10 Å². The molecule has 0 saturated carbocycles. The standard InChI is InChI=1S/C15H16N2O3/c1-11(2)17-10-14(9-16-17)20-13-5-3-4-12(8-13)6-7-15(18)19/h3-11H,1-2H3,(H,18,19)/b7-6+. The molecule has 0 bridgehead atoms. The zero-order valence-electron chi connectivity index (χ0n) is 11.4. The summed E-state index contributed by atoms with van der Waals surface area (Å²) in [6.45, 7) is 4.07. The number of hydrogen-bond acceptors (Lipinski definition) is 3. The van der Waals surface area contributed by atoms with Crippen LogP contribution in [0.5, 0.6) is 11.5 Å². The van der Waals surface area contributed by atoms with Gasteiger partial charge in [0.05, 0.1) is 12.4 Å². The van der Waals surface area contributed by atoms with Crippen LogP contribution in [0.1, 0.15) is 25.5 Å². The van der Waals surface area contributed by atoms with Gasteiger partial charge in [-0.25, -0.2) is 4.79 Å². The summed E-state index contributed by atoms with van der Waals surface area (Å²) in [7, 11) is 0. The summed E-state index contributed by atoms with van der Waals surface area (Å²) in [4.78, 5) is 10.5. The molecule has 104 valence electrons. The molecule has 1 N–H and O–H groups in total. The SMILES string of the molecule is CC(C)n1cc(Oc2cccc(/C=C/C(=O)O)c2)cn1. The second-order valence-corrected chi connectivity index (χ2v) is 4.60. The summed E-state index contributed by atoms with van der Waals surface area (Å²) in [5.74, 6) is 0.313. The monoisotopic (exact) mass is 272 g/mol. The number of rotatable bonds is 5. The summed E-state index contributed by atoms with van der Waals surface area (Å²) < 4.78 is 7.50. The van der Waals surface area contributed by atoms with E-state index in [1.54, 1.807) is 12.3 Å². The van der Waals surface area contributed by atoms with Crippen LogP contribution in [0.2, 0.25) is 0 Å². The molecule has 0 aliphatic carbocycles. The van der Waals surface area contributed by atoms with Crippen LogP contribution in [0.25, 0.3) is 6.08 Å². The Labute approximate surface area is 117 Å². The van der Waals surface area contributed by atoms with Crippen LogP contribution in [0.15, 0.2) is 42.7 Å². The van der Waals surface area contributed by atoms with Crippen molar-refractivity contribution in [3.63, 3.8) is 0 Å². The van der Waals surface area contributed by atoms with Crippen LogP contribution in [0, 0.1) is 0 Å². The lowest BCUT2D eigenvalue weighted by molar-refractivity contribution is -0.131. The van der Waals surface area contributed by atoms with Crippen molar-refractivity contribution in [1.82, 2.24) is 9.78 Å². The van der Waals surface area contributed by atoms with E-state index in [0.717, 1.165) is 11.6 Å². The molecule has 0 radical (unpaired) electrons. The first-order chi connectivity index (χ1) is 9.54. The van der Waals surface area contributed by atoms with E-state index >= 15 is 0 Å². The molecule has 1 aromatic heterocycles. The van der Waals surface area contributed by atoms with Crippen molar-refractivity contribution in [2.24, 2.45) is 0 Å². The van der Waals surface area contributed by atoms with Gasteiger partial charge in [0, 0.05) is 12.1 Å². The van der Waals surface area contributed by atoms with Gasteiger partial charge in [0.2, 0.25) is 0 Å². The minimum atomic E-state index is -0.977. The number of aliphatic carboxylic acids is 1. The van der Waals surface area contributed by atoms with E-state index in [1.807, 2.05) is 42.9 Å². The second kappa shape index (κ2) is 6.06. The lowest BCUT2D eigenvalue weighted by Crippen LogP contribution is -1.99. The first-order valence-electron chi connectivity index (χ1n) is 6.27. The summed E-state index contributed by atoms with van der Waals surface area (Å²) in [5.41, 5.74) is 0.765. The molecule has 20 heavy (non-hydrogen) atoms. The molecular weight excluding hydrogens is 256 g/mol. The highest BCUT2D eigenvalue weighted by Gasteiger charge is 2.04. The number of aromatic nitrogens is 2. The Bertz CT molecular complexity index is 630. The molecule has 0 spiro atoms. The lowest BCUT2D eigenvalue weighted by atomic mass is 10.2. The number of hydrogen-bond donors (Lipinski definition) is 1. The van der Waals surface area contributed by atoms with Crippen molar-refractivity contribution >= 4 is 12.0 Å². The highest BCUT2D eigenvalue weighted by atomic mass is 16.5. The summed E-state index contributed by atoms with van der Waals surface area (Å²) >= 11 is 0. The Morgan fingerprint density at radius 2 is 2.20 bits per heavy atom. The maximum atomic E-state index is 10.5. The van der Waals surface area contributed by atoms with Gasteiger partial charge in [-0.1, -0.05) is 12.1 Å². The zero-order valence-corrected chi connectivity index (χ0v) is 11.4. The van der Waals surface area contributed by atoms with Crippen LogP contribution < -0.4 is 4.74 Å². The lowest BCUT2D eigenvalue weighted by Gasteiger charge is -2.05. The van der Waals surface area contributed by atoms with Crippen molar-refractivity contribution in [1.29, 1.82) is 0 Å².